The van der Waals surface area contributed by atoms with Gasteiger partial charge in [0.1, 0.15) is 5.75 Å². The molecule has 176 valence electrons. The Morgan fingerprint density at radius 1 is 1.19 bits per heavy atom. The molecule has 1 unspecified atom stereocenters. The quantitative estimate of drug-likeness (QED) is 0.298. The Hall–Kier alpha value is -1.10. The van der Waals surface area contributed by atoms with Crippen LogP contribution in [0.2, 0.25) is 0 Å². The van der Waals surface area contributed by atoms with Crippen LogP contribution in [-0.4, -0.2) is 88.9 Å². The predicted molar refractivity (Wildman–Crippen MR) is 138 cm³/mol. The molecule has 2 saturated heterocycles. The van der Waals surface area contributed by atoms with Crippen molar-refractivity contribution in [1.82, 2.24) is 20.4 Å². The third-order valence-corrected chi connectivity index (χ3v) is 6.72. The molecule has 0 spiro atoms. The minimum atomic E-state index is 0. The van der Waals surface area contributed by atoms with E-state index in [2.05, 4.69) is 57.7 Å². The molecule has 7 nitrogen and oxygen atoms in total. The summed E-state index contributed by atoms with van der Waals surface area (Å²) in [6, 6.07) is 8.62. The molecule has 1 aromatic carbocycles. The van der Waals surface area contributed by atoms with Crippen LogP contribution in [0.25, 0.3) is 0 Å². The maximum Gasteiger partial charge on any atom is 0.191 e. The summed E-state index contributed by atoms with van der Waals surface area (Å²) in [5.74, 6) is 1.80. The summed E-state index contributed by atoms with van der Waals surface area (Å²) < 4.78 is 11.3. The van der Waals surface area contributed by atoms with E-state index >= 15 is 0 Å². The van der Waals surface area contributed by atoms with E-state index in [-0.39, 0.29) is 35.6 Å². The fourth-order valence-electron chi connectivity index (χ4n) is 4.63. The predicted octanol–water partition coefficient (Wildman–Crippen LogP) is 2.73. The molecule has 0 amide bonds. The Balaban J connectivity index is 0.00000341. The van der Waals surface area contributed by atoms with Crippen LogP contribution in [0, 0.1) is 0 Å². The number of rotatable bonds is 8. The number of guanidine groups is 1. The molecule has 2 heterocycles. The van der Waals surface area contributed by atoms with Crippen LogP contribution in [0.1, 0.15) is 37.3 Å². The van der Waals surface area contributed by atoms with Gasteiger partial charge in [0, 0.05) is 44.5 Å². The number of likely N-dealkylation sites (N-methyl/N-ethyl adjacent to an activating group) is 1. The van der Waals surface area contributed by atoms with E-state index in [9.17, 15) is 0 Å². The Labute approximate surface area is 205 Å². The van der Waals surface area contributed by atoms with Crippen molar-refractivity contribution in [3.05, 3.63) is 29.8 Å². The minimum absolute atomic E-state index is 0. The molecule has 1 aromatic rings. The zero-order valence-electron chi connectivity index (χ0n) is 19.5. The summed E-state index contributed by atoms with van der Waals surface area (Å²) in [5, 5.41) is 7.16. The Bertz CT molecular complexity index is 688. The van der Waals surface area contributed by atoms with Crippen molar-refractivity contribution >= 4 is 29.9 Å². The van der Waals surface area contributed by atoms with E-state index in [0.29, 0.717) is 0 Å². The fraction of sp³-hybridized carbons (Fsp3) is 0.696. The van der Waals surface area contributed by atoms with Gasteiger partial charge in [0.2, 0.25) is 0 Å². The molecule has 2 aliphatic rings. The molecule has 0 aromatic heterocycles. The van der Waals surface area contributed by atoms with Crippen molar-refractivity contribution < 1.29 is 9.47 Å². The fourth-order valence-corrected chi connectivity index (χ4v) is 4.63. The van der Waals surface area contributed by atoms with Gasteiger partial charge in [-0.1, -0.05) is 18.2 Å². The van der Waals surface area contributed by atoms with Crippen molar-refractivity contribution in [3.63, 3.8) is 0 Å². The van der Waals surface area contributed by atoms with Crippen molar-refractivity contribution in [2.24, 2.45) is 4.99 Å². The molecular formula is C23H40IN5O2. The lowest BCUT2D eigenvalue weighted by Gasteiger charge is -2.43. The summed E-state index contributed by atoms with van der Waals surface area (Å²) >= 11 is 0. The van der Waals surface area contributed by atoms with Crippen LogP contribution in [0.15, 0.2) is 29.3 Å². The van der Waals surface area contributed by atoms with Gasteiger partial charge in [-0.25, -0.2) is 0 Å². The normalized spacial score (nSPS) is 20.2. The number of halogens is 1. The lowest BCUT2D eigenvalue weighted by atomic mass is 9.88. The zero-order chi connectivity index (χ0) is 21.4. The topological polar surface area (TPSA) is 61.4 Å². The second-order valence-corrected chi connectivity index (χ2v) is 8.54. The number of nitrogens with one attached hydrogen (secondary N) is 2. The van der Waals surface area contributed by atoms with Gasteiger partial charge in [0.15, 0.2) is 5.96 Å². The lowest BCUT2D eigenvalue weighted by Crippen LogP contribution is -2.57. The molecular weight excluding hydrogens is 505 g/mol. The second-order valence-electron chi connectivity index (χ2n) is 8.54. The molecule has 0 aliphatic carbocycles. The molecule has 0 saturated carbocycles. The smallest absolute Gasteiger partial charge is 0.191 e. The maximum absolute atomic E-state index is 5.67. The number of ether oxygens (including phenoxy) is 2. The molecule has 8 heteroatoms. The van der Waals surface area contributed by atoms with Crippen LogP contribution in [-0.2, 0) is 4.74 Å². The van der Waals surface area contributed by atoms with Gasteiger partial charge < -0.3 is 25.0 Å². The van der Waals surface area contributed by atoms with Gasteiger partial charge in [0.25, 0.3) is 0 Å². The van der Waals surface area contributed by atoms with Crippen LogP contribution in [0.5, 0.6) is 5.75 Å². The van der Waals surface area contributed by atoms with Gasteiger partial charge in [-0.05, 0) is 58.9 Å². The van der Waals surface area contributed by atoms with Gasteiger partial charge in [0.05, 0.1) is 13.2 Å². The average molecular weight is 546 g/mol. The van der Waals surface area contributed by atoms with E-state index in [0.717, 1.165) is 63.9 Å². The van der Waals surface area contributed by atoms with E-state index in [1.807, 2.05) is 13.1 Å². The van der Waals surface area contributed by atoms with Gasteiger partial charge >= 0.3 is 0 Å². The summed E-state index contributed by atoms with van der Waals surface area (Å²) in [7, 11) is 7.92. The summed E-state index contributed by atoms with van der Waals surface area (Å²) in [5.41, 5.74) is 1.34. The summed E-state index contributed by atoms with van der Waals surface area (Å²) in [4.78, 5) is 9.38. The van der Waals surface area contributed by atoms with E-state index in [1.54, 1.807) is 7.11 Å². The Morgan fingerprint density at radius 2 is 1.87 bits per heavy atom. The van der Waals surface area contributed by atoms with Crippen LogP contribution in [0.4, 0.5) is 0 Å². The molecule has 3 rings (SSSR count). The number of hydrogen-bond donors (Lipinski definition) is 2. The third kappa shape index (κ3) is 6.69. The number of aliphatic imine (C=N–C) groups is 1. The number of hydrogen-bond acceptors (Lipinski definition) is 5. The number of para-hydroxylation sites is 1. The molecule has 31 heavy (non-hydrogen) atoms. The molecule has 0 radical (unpaired) electrons. The van der Waals surface area contributed by atoms with Crippen molar-refractivity contribution in [2.75, 3.05) is 67.6 Å². The molecule has 1 atom stereocenters. The van der Waals surface area contributed by atoms with Gasteiger partial charge in [-0.3, -0.25) is 9.89 Å². The number of benzene rings is 1. The standard InChI is InChI=1S/C23H39N5O2.HI/c1-24-22(26-18-23(27(2)3)11-15-30-16-12-23)25-17-20(28-13-7-8-14-28)19-9-5-6-10-21(19)29-4;/h5-6,9-10,20H,7-8,11-18H2,1-4H3,(H2,24,25,26);1H. The SMILES string of the molecule is CN=C(NCC(c1ccccc1OC)N1CCCC1)NCC1(N(C)C)CCOCC1.I. The third-order valence-electron chi connectivity index (χ3n) is 6.72. The lowest BCUT2D eigenvalue weighted by molar-refractivity contribution is -0.00502. The number of likely N-dealkylation sites (tertiary alicyclic amines) is 1. The highest BCUT2D eigenvalue weighted by atomic mass is 127. The first-order valence-corrected chi connectivity index (χ1v) is 11.2. The van der Waals surface area contributed by atoms with Crippen LogP contribution < -0.4 is 15.4 Å². The van der Waals surface area contributed by atoms with Crippen molar-refractivity contribution in [3.8, 4) is 5.75 Å². The Kier molecular flexibility index (Phi) is 10.8. The molecule has 0 bridgehead atoms. The first-order valence-electron chi connectivity index (χ1n) is 11.2. The first-order chi connectivity index (χ1) is 14.6. The van der Waals surface area contributed by atoms with E-state index < -0.39 is 0 Å². The van der Waals surface area contributed by atoms with Crippen LogP contribution >= 0.6 is 24.0 Å². The van der Waals surface area contributed by atoms with Crippen LogP contribution in [0.3, 0.4) is 0 Å². The Morgan fingerprint density at radius 3 is 2.48 bits per heavy atom. The monoisotopic (exact) mass is 545 g/mol. The second kappa shape index (κ2) is 12.8. The number of nitrogens with zero attached hydrogens (tertiary/aromatic N) is 3. The van der Waals surface area contributed by atoms with Gasteiger partial charge in [-0.2, -0.15) is 0 Å². The highest BCUT2D eigenvalue weighted by molar-refractivity contribution is 14.0. The first kappa shape index (κ1) is 26.2. The maximum atomic E-state index is 5.67. The van der Waals surface area contributed by atoms with Gasteiger partial charge in [-0.15, -0.1) is 24.0 Å². The molecule has 2 fully saturated rings. The number of methoxy groups -OCH3 is 1. The van der Waals surface area contributed by atoms with Crippen molar-refractivity contribution in [1.29, 1.82) is 0 Å². The summed E-state index contributed by atoms with van der Waals surface area (Å²) in [6.45, 7) is 5.53. The average Bonchev–Trinajstić information content (AvgIpc) is 3.31. The van der Waals surface area contributed by atoms with E-state index in [4.69, 9.17) is 9.47 Å². The van der Waals surface area contributed by atoms with Crippen molar-refractivity contribution in [2.45, 2.75) is 37.3 Å². The summed E-state index contributed by atoms with van der Waals surface area (Å²) in [6.07, 6.45) is 4.57. The highest BCUT2D eigenvalue weighted by Gasteiger charge is 2.35. The molecule has 2 N–H and O–H groups in total. The zero-order valence-corrected chi connectivity index (χ0v) is 21.9. The molecule has 2 aliphatic heterocycles. The van der Waals surface area contributed by atoms with E-state index in [1.165, 1.54) is 18.4 Å². The highest BCUT2D eigenvalue weighted by Crippen LogP contribution is 2.31. The largest absolute Gasteiger partial charge is 0.496 e. The minimum Gasteiger partial charge on any atom is -0.496 e.